The van der Waals surface area contributed by atoms with Crippen LogP contribution in [0, 0.1) is 5.41 Å². The van der Waals surface area contributed by atoms with Gasteiger partial charge in [0.25, 0.3) is 0 Å². The zero-order valence-corrected chi connectivity index (χ0v) is 8.07. The lowest BCUT2D eigenvalue weighted by molar-refractivity contribution is -0.132. The van der Waals surface area contributed by atoms with Gasteiger partial charge in [-0.15, -0.1) is 0 Å². The molecule has 0 aromatic rings. The van der Waals surface area contributed by atoms with Crippen LogP contribution in [0.4, 0.5) is 0 Å². The van der Waals surface area contributed by atoms with Gasteiger partial charge in [0.1, 0.15) is 0 Å². The molecule has 0 radical (unpaired) electrons. The summed E-state index contributed by atoms with van der Waals surface area (Å²) in [6, 6.07) is 0. The third kappa shape index (κ3) is 1.70. The Morgan fingerprint density at radius 1 is 1.00 bits per heavy atom. The molecule has 2 N–H and O–H groups in total. The Hall–Kier alpha value is -0.570. The first-order valence-electron chi connectivity index (χ1n) is 5.33. The number of carbonyl (C=O) groups excluding carboxylic acids is 1. The summed E-state index contributed by atoms with van der Waals surface area (Å²) in [5.74, 6) is 0.312. The lowest BCUT2D eigenvalue weighted by Crippen LogP contribution is -2.46. The lowest BCUT2D eigenvalue weighted by atomic mass is 9.75. The largest absolute Gasteiger partial charge is 0.356 e. The molecular formula is C10H18N2O. The van der Waals surface area contributed by atoms with Crippen molar-refractivity contribution < 1.29 is 4.79 Å². The minimum atomic E-state index is -0.0122. The van der Waals surface area contributed by atoms with Crippen molar-refractivity contribution in [2.75, 3.05) is 19.6 Å². The number of nitrogens with one attached hydrogen (secondary N) is 2. The number of piperidine rings is 1. The highest BCUT2D eigenvalue weighted by Gasteiger charge is 2.39. The molecule has 2 saturated heterocycles. The third-order valence-electron chi connectivity index (χ3n) is 3.41. The molecule has 0 aliphatic carbocycles. The predicted octanol–water partition coefficient (Wildman–Crippen LogP) is 0.656. The van der Waals surface area contributed by atoms with Crippen molar-refractivity contribution in [1.82, 2.24) is 10.6 Å². The Labute approximate surface area is 79.3 Å². The summed E-state index contributed by atoms with van der Waals surface area (Å²) in [5, 5.41) is 6.36. The first kappa shape index (κ1) is 9.00. The van der Waals surface area contributed by atoms with Crippen LogP contribution in [0.15, 0.2) is 0 Å². The summed E-state index contributed by atoms with van der Waals surface area (Å²) in [4.78, 5) is 11.9. The monoisotopic (exact) mass is 182 g/mol. The van der Waals surface area contributed by atoms with Crippen molar-refractivity contribution in [3.63, 3.8) is 0 Å². The quantitative estimate of drug-likeness (QED) is 0.577. The van der Waals surface area contributed by atoms with E-state index in [1.54, 1.807) is 0 Å². The van der Waals surface area contributed by atoms with E-state index < -0.39 is 0 Å². The minimum Gasteiger partial charge on any atom is -0.356 e. The summed E-state index contributed by atoms with van der Waals surface area (Å²) in [6.45, 7) is 2.90. The van der Waals surface area contributed by atoms with E-state index >= 15 is 0 Å². The van der Waals surface area contributed by atoms with Crippen LogP contribution >= 0.6 is 0 Å². The van der Waals surface area contributed by atoms with E-state index in [0.29, 0.717) is 5.91 Å². The van der Waals surface area contributed by atoms with Gasteiger partial charge in [-0.3, -0.25) is 4.79 Å². The van der Waals surface area contributed by atoms with Crippen LogP contribution in [0.1, 0.15) is 32.1 Å². The second-order valence-electron chi connectivity index (χ2n) is 4.24. The van der Waals surface area contributed by atoms with Crippen LogP contribution in [0.2, 0.25) is 0 Å². The van der Waals surface area contributed by atoms with Crippen molar-refractivity contribution in [1.29, 1.82) is 0 Å². The second kappa shape index (κ2) is 3.66. The van der Waals surface area contributed by atoms with E-state index in [9.17, 15) is 4.79 Å². The average Bonchev–Trinajstić information content (AvgIpc) is 2.33. The molecule has 13 heavy (non-hydrogen) atoms. The Morgan fingerprint density at radius 3 is 2.54 bits per heavy atom. The molecule has 0 unspecified atom stereocenters. The smallest absolute Gasteiger partial charge is 0.226 e. The molecule has 2 fully saturated rings. The van der Waals surface area contributed by atoms with Crippen LogP contribution in [-0.4, -0.2) is 25.5 Å². The Morgan fingerprint density at radius 2 is 1.77 bits per heavy atom. The molecule has 3 heteroatoms. The maximum Gasteiger partial charge on any atom is 0.226 e. The summed E-state index contributed by atoms with van der Waals surface area (Å²) >= 11 is 0. The maximum absolute atomic E-state index is 11.9. The van der Waals surface area contributed by atoms with Gasteiger partial charge in [0, 0.05) is 6.54 Å². The van der Waals surface area contributed by atoms with Crippen LogP contribution in [-0.2, 0) is 4.79 Å². The highest BCUT2D eigenvalue weighted by molar-refractivity contribution is 5.83. The first-order chi connectivity index (χ1) is 6.33. The molecule has 0 aromatic heterocycles. The number of amides is 1. The van der Waals surface area contributed by atoms with Crippen LogP contribution < -0.4 is 10.6 Å². The van der Waals surface area contributed by atoms with Gasteiger partial charge in [-0.25, -0.2) is 0 Å². The van der Waals surface area contributed by atoms with Gasteiger partial charge in [0.2, 0.25) is 5.91 Å². The predicted molar refractivity (Wildman–Crippen MR) is 51.4 cm³/mol. The Bertz CT molecular complexity index is 197. The highest BCUT2D eigenvalue weighted by Crippen LogP contribution is 2.35. The van der Waals surface area contributed by atoms with Gasteiger partial charge >= 0.3 is 0 Å². The van der Waals surface area contributed by atoms with Crippen LogP contribution in [0.25, 0.3) is 0 Å². The van der Waals surface area contributed by atoms with Crippen LogP contribution in [0.3, 0.4) is 0 Å². The van der Waals surface area contributed by atoms with E-state index in [0.717, 1.165) is 45.3 Å². The number of hydrogen-bond donors (Lipinski definition) is 2. The van der Waals surface area contributed by atoms with E-state index in [1.807, 2.05) is 0 Å². The molecule has 74 valence electrons. The zero-order valence-electron chi connectivity index (χ0n) is 8.07. The van der Waals surface area contributed by atoms with Gasteiger partial charge in [-0.05, 0) is 38.8 Å². The molecule has 0 bridgehead atoms. The summed E-state index contributed by atoms with van der Waals surface area (Å²) in [5.41, 5.74) is -0.0122. The zero-order chi connectivity index (χ0) is 9.15. The number of hydrogen-bond acceptors (Lipinski definition) is 2. The standard InChI is InChI=1S/C10H18N2O/c13-9-10(3-1-2-6-12-9)4-7-11-8-5-10/h11H,1-8H2,(H,12,13). The normalized spacial score (nSPS) is 28.2. The molecule has 2 rings (SSSR count). The van der Waals surface area contributed by atoms with Gasteiger partial charge < -0.3 is 10.6 Å². The highest BCUT2D eigenvalue weighted by atomic mass is 16.2. The molecule has 1 amide bonds. The minimum absolute atomic E-state index is 0.0122. The second-order valence-corrected chi connectivity index (χ2v) is 4.24. The van der Waals surface area contributed by atoms with Gasteiger partial charge in [0.15, 0.2) is 0 Å². The lowest BCUT2D eigenvalue weighted by Gasteiger charge is -2.34. The molecule has 0 aromatic carbocycles. The maximum atomic E-state index is 11.9. The molecule has 2 heterocycles. The van der Waals surface area contributed by atoms with E-state index in [1.165, 1.54) is 6.42 Å². The van der Waals surface area contributed by atoms with Crippen LogP contribution in [0.5, 0.6) is 0 Å². The average molecular weight is 182 g/mol. The van der Waals surface area contributed by atoms with E-state index in [4.69, 9.17) is 0 Å². The third-order valence-corrected chi connectivity index (χ3v) is 3.41. The fourth-order valence-electron chi connectivity index (χ4n) is 2.47. The van der Waals surface area contributed by atoms with Crippen molar-refractivity contribution in [3.8, 4) is 0 Å². The summed E-state index contributed by atoms with van der Waals surface area (Å²) in [7, 11) is 0. The summed E-state index contributed by atoms with van der Waals surface area (Å²) in [6.07, 6.45) is 5.51. The van der Waals surface area contributed by atoms with Gasteiger partial charge in [0.05, 0.1) is 5.41 Å². The molecule has 1 spiro atoms. The van der Waals surface area contributed by atoms with Crippen molar-refractivity contribution >= 4 is 5.91 Å². The number of rotatable bonds is 0. The molecule has 2 aliphatic rings. The molecule has 2 aliphatic heterocycles. The van der Waals surface area contributed by atoms with Gasteiger partial charge in [-0.2, -0.15) is 0 Å². The Balaban J connectivity index is 2.10. The van der Waals surface area contributed by atoms with Crippen molar-refractivity contribution in [3.05, 3.63) is 0 Å². The van der Waals surface area contributed by atoms with Crippen molar-refractivity contribution in [2.24, 2.45) is 5.41 Å². The number of carbonyl (C=O) groups is 1. The van der Waals surface area contributed by atoms with E-state index in [2.05, 4.69) is 10.6 Å². The fraction of sp³-hybridized carbons (Fsp3) is 0.900. The summed E-state index contributed by atoms with van der Waals surface area (Å²) < 4.78 is 0. The molecule has 0 atom stereocenters. The van der Waals surface area contributed by atoms with Gasteiger partial charge in [-0.1, -0.05) is 6.42 Å². The Kier molecular flexibility index (Phi) is 2.54. The first-order valence-corrected chi connectivity index (χ1v) is 5.33. The molecule has 0 saturated carbocycles. The van der Waals surface area contributed by atoms with E-state index in [-0.39, 0.29) is 5.41 Å². The topological polar surface area (TPSA) is 41.1 Å². The fourth-order valence-corrected chi connectivity index (χ4v) is 2.47. The molecular weight excluding hydrogens is 164 g/mol. The SMILES string of the molecule is O=C1NCCCCC12CCNCC2. The molecule has 3 nitrogen and oxygen atoms in total. The van der Waals surface area contributed by atoms with Crippen molar-refractivity contribution in [2.45, 2.75) is 32.1 Å².